The fourth-order valence-corrected chi connectivity index (χ4v) is 3.69. The Hall–Kier alpha value is -2.95. The minimum Gasteiger partial charge on any atom is -0.330 e. The number of para-hydroxylation sites is 1. The van der Waals surface area contributed by atoms with Gasteiger partial charge in [-0.2, -0.15) is 5.10 Å². The first-order valence-corrected chi connectivity index (χ1v) is 9.23. The van der Waals surface area contributed by atoms with Gasteiger partial charge in [-0.25, -0.2) is 9.07 Å². The van der Waals surface area contributed by atoms with E-state index >= 15 is 0 Å². The Morgan fingerprint density at radius 1 is 1.11 bits per heavy atom. The van der Waals surface area contributed by atoms with Gasteiger partial charge in [-0.15, -0.1) is 0 Å². The van der Waals surface area contributed by atoms with Gasteiger partial charge in [0, 0.05) is 12.7 Å². The van der Waals surface area contributed by atoms with Gasteiger partial charge in [-0.1, -0.05) is 30.3 Å². The van der Waals surface area contributed by atoms with Crippen LogP contribution in [0.15, 0.2) is 54.7 Å². The van der Waals surface area contributed by atoms with Gasteiger partial charge in [0.1, 0.15) is 11.5 Å². The third kappa shape index (κ3) is 3.25. The minimum atomic E-state index is -0.367. The number of aryl methyl sites for hydroxylation is 2. The third-order valence-corrected chi connectivity index (χ3v) is 5.34. The number of amides is 1. The molecule has 0 N–H and O–H groups in total. The number of aromatic nitrogens is 2. The van der Waals surface area contributed by atoms with Crippen molar-refractivity contribution in [2.24, 2.45) is 0 Å². The van der Waals surface area contributed by atoms with Crippen molar-refractivity contribution < 1.29 is 9.18 Å². The van der Waals surface area contributed by atoms with Crippen LogP contribution in [0.2, 0.25) is 0 Å². The molecule has 0 aliphatic carbocycles. The number of benzene rings is 2. The standard InChI is InChI=1S/C22H22FN3O/c1-15-9-10-17(14-16(15)2)20-8-5-12-25(20)22(27)19-11-13-26(24-19)21-7-4-3-6-18(21)23/h3-4,6-7,9-11,13-14,20H,5,8,12H2,1-2H3. The van der Waals surface area contributed by atoms with E-state index < -0.39 is 0 Å². The highest BCUT2D eigenvalue weighted by atomic mass is 19.1. The van der Waals surface area contributed by atoms with Gasteiger partial charge in [0.25, 0.3) is 5.91 Å². The SMILES string of the molecule is Cc1ccc(C2CCCN2C(=O)c2ccn(-c3ccccc3F)n2)cc1C. The second-order valence-electron chi connectivity index (χ2n) is 7.10. The summed E-state index contributed by atoms with van der Waals surface area (Å²) in [4.78, 5) is 15.0. The predicted octanol–water partition coefficient (Wildman–Crippen LogP) is 4.61. The van der Waals surface area contributed by atoms with Crippen molar-refractivity contribution >= 4 is 5.91 Å². The van der Waals surface area contributed by atoms with E-state index in [0.717, 1.165) is 18.4 Å². The van der Waals surface area contributed by atoms with E-state index in [1.54, 1.807) is 30.5 Å². The molecule has 4 rings (SSSR count). The van der Waals surface area contributed by atoms with Gasteiger partial charge >= 0.3 is 0 Å². The molecule has 3 aromatic rings. The molecule has 138 valence electrons. The molecule has 1 unspecified atom stereocenters. The van der Waals surface area contributed by atoms with Gasteiger partial charge < -0.3 is 4.90 Å². The average molecular weight is 363 g/mol. The van der Waals surface area contributed by atoms with Crippen LogP contribution in [0.5, 0.6) is 0 Å². The first-order valence-electron chi connectivity index (χ1n) is 9.23. The van der Waals surface area contributed by atoms with E-state index in [0.29, 0.717) is 17.9 Å². The number of carbonyl (C=O) groups is 1. The lowest BCUT2D eigenvalue weighted by Gasteiger charge is -2.25. The molecule has 1 saturated heterocycles. The van der Waals surface area contributed by atoms with Crippen molar-refractivity contribution in [3.8, 4) is 5.69 Å². The minimum absolute atomic E-state index is 0.0652. The smallest absolute Gasteiger partial charge is 0.274 e. The zero-order valence-corrected chi connectivity index (χ0v) is 15.5. The molecular formula is C22H22FN3O. The van der Waals surface area contributed by atoms with Crippen molar-refractivity contribution in [1.82, 2.24) is 14.7 Å². The molecule has 4 nitrogen and oxygen atoms in total. The van der Waals surface area contributed by atoms with E-state index in [-0.39, 0.29) is 17.8 Å². The lowest BCUT2D eigenvalue weighted by Crippen LogP contribution is -2.31. The second kappa shape index (κ2) is 6.99. The fourth-order valence-electron chi connectivity index (χ4n) is 3.69. The number of hydrogen-bond acceptors (Lipinski definition) is 2. The summed E-state index contributed by atoms with van der Waals surface area (Å²) in [7, 11) is 0. The summed E-state index contributed by atoms with van der Waals surface area (Å²) in [5, 5.41) is 4.33. The highest BCUT2D eigenvalue weighted by molar-refractivity contribution is 5.92. The zero-order valence-electron chi connectivity index (χ0n) is 15.5. The summed E-state index contributed by atoms with van der Waals surface area (Å²) in [6, 6.07) is 14.5. The van der Waals surface area contributed by atoms with Crippen LogP contribution in [0.3, 0.4) is 0 Å². The van der Waals surface area contributed by atoms with Crippen LogP contribution < -0.4 is 0 Å². The molecule has 1 fully saturated rings. The molecule has 0 spiro atoms. The van der Waals surface area contributed by atoms with Crippen LogP contribution in [0.1, 0.15) is 46.1 Å². The Balaban J connectivity index is 1.60. The average Bonchev–Trinajstić information content (AvgIpc) is 3.33. The molecule has 2 heterocycles. The summed E-state index contributed by atoms with van der Waals surface area (Å²) < 4.78 is 15.4. The van der Waals surface area contributed by atoms with Gasteiger partial charge in [0.15, 0.2) is 5.69 Å². The Labute approximate surface area is 158 Å². The molecule has 0 radical (unpaired) electrons. The summed E-state index contributed by atoms with van der Waals surface area (Å²) in [6.45, 7) is 4.89. The maximum absolute atomic E-state index is 14.0. The van der Waals surface area contributed by atoms with E-state index in [9.17, 15) is 9.18 Å². The van der Waals surface area contributed by atoms with Gasteiger partial charge in [0.05, 0.1) is 6.04 Å². The molecule has 1 amide bonds. The Kier molecular flexibility index (Phi) is 4.52. The highest BCUT2D eigenvalue weighted by Gasteiger charge is 2.31. The Bertz CT molecular complexity index is 995. The first kappa shape index (κ1) is 17.5. The number of halogens is 1. The molecule has 0 bridgehead atoms. The normalized spacial score (nSPS) is 16.7. The van der Waals surface area contributed by atoms with Crippen LogP contribution in [0, 0.1) is 19.7 Å². The maximum atomic E-state index is 14.0. The van der Waals surface area contributed by atoms with Crippen molar-refractivity contribution in [3.63, 3.8) is 0 Å². The maximum Gasteiger partial charge on any atom is 0.274 e. The van der Waals surface area contributed by atoms with Gasteiger partial charge in [0.2, 0.25) is 0 Å². The van der Waals surface area contributed by atoms with Crippen molar-refractivity contribution in [3.05, 3.63) is 82.9 Å². The van der Waals surface area contributed by atoms with Crippen LogP contribution in [0.4, 0.5) is 4.39 Å². The molecule has 1 aromatic heterocycles. The van der Waals surface area contributed by atoms with Crippen LogP contribution >= 0.6 is 0 Å². The van der Waals surface area contributed by atoms with Crippen LogP contribution in [0.25, 0.3) is 5.69 Å². The summed E-state index contributed by atoms with van der Waals surface area (Å²) >= 11 is 0. The molecule has 1 atom stereocenters. The highest BCUT2D eigenvalue weighted by Crippen LogP contribution is 2.33. The summed E-state index contributed by atoms with van der Waals surface area (Å²) in [5.74, 6) is -0.473. The van der Waals surface area contributed by atoms with Crippen molar-refractivity contribution in [2.45, 2.75) is 32.7 Å². The van der Waals surface area contributed by atoms with Gasteiger partial charge in [-0.05, 0) is 61.6 Å². The fraction of sp³-hybridized carbons (Fsp3) is 0.273. The zero-order chi connectivity index (χ0) is 19.0. The Morgan fingerprint density at radius 2 is 1.93 bits per heavy atom. The number of carbonyl (C=O) groups excluding carboxylic acids is 1. The number of hydrogen-bond donors (Lipinski definition) is 0. The molecule has 0 saturated carbocycles. The lowest BCUT2D eigenvalue weighted by atomic mass is 9.99. The molecule has 27 heavy (non-hydrogen) atoms. The Morgan fingerprint density at radius 3 is 2.70 bits per heavy atom. The third-order valence-electron chi connectivity index (χ3n) is 5.34. The molecule has 5 heteroatoms. The molecule has 2 aromatic carbocycles. The summed E-state index contributed by atoms with van der Waals surface area (Å²) in [5.41, 5.74) is 4.32. The topological polar surface area (TPSA) is 38.1 Å². The number of nitrogens with zero attached hydrogens (tertiary/aromatic N) is 3. The molecular weight excluding hydrogens is 341 g/mol. The molecule has 1 aliphatic heterocycles. The van der Waals surface area contributed by atoms with Crippen molar-refractivity contribution in [1.29, 1.82) is 0 Å². The quantitative estimate of drug-likeness (QED) is 0.682. The number of rotatable bonds is 3. The van der Waals surface area contributed by atoms with E-state index in [4.69, 9.17) is 0 Å². The van der Waals surface area contributed by atoms with E-state index in [1.807, 2.05) is 4.90 Å². The first-order chi connectivity index (χ1) is 13.0. The molecule has 1 aliphatic rings. The summed E-state index contributed by atoms with van der Waals surface area (Å²) in [6.07, 6.45) is 3.55. The van der Waals surface area contributed by atoms with Crippen LogP contribution in [-0.2, 0) is 0 Å². The second-order valence-corrected chi connectivity index (χ2v) is 7.10. The van der Waals surface area contributed by atoms with Crippen LogP contribution in [-0.4, -0.2) is 27.1 Å². The van der Waals surface area contributed by atoms with Crippen molar-refractivity contribution in [2.75, 3.05) is 6.54 Å². The van der Waals surface area contributed by atoms with E-state index in [1.165, 1.54) is 21.9 Å². The number of likely N-dealkylation sites (tertiary alicyclic amines) is 1. The van der Waals surface area contributed by atoms with E-state index in [2.05, 4.69) is 37.1 Å². The predicted molar refractivity (Wildman–Crippen MR) is 102 cm³/mol. The monoisotopic (exact) mass is 363 g/mol. The van der Waals surface area contributed by atoms with Gasteiger partial charge in [-0.3, -0.25) is 4.79 Å². The largest absolute Gasteiger partial charge is 0.330 e. The lowest BCUT2D eigenvalue weighted by molar-refractivity contribution is 0.0729.